The third kappa shape index (κ3) is 6.00. The maximum Gasteiger partial charge on any atom is 0.321 e. The number of nitrogens with zero attached hydrogens (tertiary/aromatic N) is 1. The lowest BCUT2D eigenvalue weighted by Gasteiger charge is -2.35. The molecule has 0 saturated heterocycles. The van der Waals surface area contributed by atoms with E-state index in [1.807, 2.05) is 18.2 Å². The number of esters is 1. The van der Waals surface area contributed by atoms with E-state index in [0.29, 0.717) is 11.3 Å². The molecule has 3 heteroatoms. The molecule has 0 bridgehead atoms. The Bertz CT molecular complexity index is 917. The number of ether oxygens (including phenoxy) is 1. The summed E-state index contributed by atoms with van der Waals surface area (Å²) in [6, 6.07) is 16.2. The fraction of sp³-hybridized carbons (Fsp3) is 0.517. The van der Waals surface area contributed by atoms with E-state index in [4.69, 9.17) is 4.74 Å². The monoisotopic (exact) mass is 431 g/mol. The molecule has 2 aromatic carbocycles. The summed E-state index contributed by atoms with van der Waals surface area (Å²) in [6.07, 6.45) is 13.2. The van der Waals surface area contributed by atoms with Crippen molar-refractivity contribution < 1.29 is 9.53 Å². The van der Waals surface area contributed by atoms with Gasteiger partial charge in [0.2, 0.25) is 0 Å². The van der Waals surface area contributed by atoms with E-state index in [-0.39, 0.29) is 5.97 Å². The van der Waals surface area contributed by atoms with Crippen molar-refractivity contribution in [1.82, 2.24) is 0 Å². The number of carbonyl (C=O) groups excluding carboxylic acids is 1. The molecule has 32 heavy (non-hydrogen) atoms. The lowest BCUT2D eigenvalue weighted by Crippen LogP contribution is -2.41. The van der Waals surface area contributed by atoms with Crippen molar-refractivity contribution in [3.05, 3.63) is 64.7 Å². The van der Waals surface area contributed by atoms with Crippen LogP contribution >= 0.6 is 0 Å². The second-order valence-corrected chi connectivity index (χ2v) is 9.36. The zero-order valence-corrected chi connectivity index (χ0v) is 19.8. The molecule has 0 amide bonds. The fourth-order valence-corrected chi connectivity index (χ4v) is 4.85. The van der Waals surface area contributed by atoms with Gasteiger partial charge in [0.15, 0.2) is 0 Å². The van der Waals surface area contributed by atoms with Crippen molar-refractivity contribution in [1.29, 1.82) is 5.26 Å². The summed E-state index contributed by atoms with van der Waals surface area (Å²) in [7, 11) is 0. The van der Waals surface area contributed by atoms with Crippen molar-refractivity contribution in [2.75, 3.05) is 0 Å². The first kappa shape index (κ1) is 24.1. The molecule has 0 radical (unpaired) electrons. The highest BCUT2D eigenvalue weighted by atomic mass is 16.5. The van der Waals surface area contributed by atoms with E-state index in [2.05, 4.69) is 44.2 Å². The van der Waals surface area contributed by atoms with Gasteiger partial charge in [0.1, 0.15) is 11.8 Å². The second kappa shape index (κ2) is 11.9. The van der Waals surface area contributed by atoms with Crippen LogP contribution in [-0.2, 0) is 16.6 Å². The average Bonchev–Trinajstić information content (AvgIpc) is 2.83. The number of benzene rings is 2. The fourth-order valence-electron chi connectivity index (χ4n) is 4.85. The van der Waals surface area contributed by atoms with Crippen LogP contribution in [0.25, 0.3) is 0 Å². The van der Waals surface area contributed by atoms with Gasteiger partial charge in [-0.1, -0.05) is 94.2 Å². The Kier molecular flexibility index (Phi) is 8.91. The van der Waals surface area contributed by atoms with Gasteiger partial charge in [-0.05, 0) is 55.9 Å². The lowest BCUT2D eigenvalue weighted by atomic mass is 9.69. The molecule has 2 aromatic rings. The Hall–Kier alpha value is -2.60. The van der Waals surface area contributed by atoms with E-state index < -0.39 is 5.41 Å². The van der Waals surface area contributed by atoms with Gasteiger partial charge in [-0.2, -0.15) is 5.26 Å². The topological polar surface area (TPSA) is 50.1 Å². The number of aryl methyl sites for hydroxylation is 2. The Labute approximate surface area is 193 Å². The number of rotatable bonds is 10. The highest BCUT2D eigenvalue weighted by Crippen LogP contribution is 2.41. The first-order chi connectivity index (χ1) is 15.6. The largest absolute Gasteiger partial charge is 0.424 e. The van der Waals surface area contributed by atoms with Crippen LogP contribution in [0.1, 0.15) is 99.8 Å². The summed E-state index contributed by atoms with van der Waals surface area (Å²) < 4.78 is 5.93. The number of unbranched alkanes of at least 4 members (excludes halogenated alkanes) is 5. The molecule has 3 nitrogen and oxygen atoms in total. The minimum Gasteiger partial charge on any atom is -0.424 e. The summed E-state index contributed by atoms with van der Waals surface area (Å²) >= 11 is 0. The quantitative estimate of drug-likeness (QED) is 0.221. The van der Waals surface area contributed by atoms with E-state index in [0.717, 1.165) is 56.1 Å². The van der Waals surface area contributed by atoms with Gasteiger partial charge in [0.05, 0.1) is 11.0 Å². The number of carbonyl (C=O) groups is 1. The molecule has 1 aliphatic carbocycles. The highest BCUT2D eigenvalue weighted by Gasteiger charge is 2.43. The molecule has 0 N–H and O–H groups in total. The summed E-state index contributed by atoms with van der Waals surface area (Å²) in [6.45, 7) is 4.29. The van der Waals surface area contributed by atoms with Gasteiger partial charge < -0.3 is 4.74 Å². The molecule has 1 fully saturated rings. The van der Waals surface area contributed by atoms with Crippen molar-refractivity contribution in [2.24, 2.45) is 0 Å². The van der Waals surface area contributed by atoms with E-state index in [9.17, 15) is 10.1 Å². The molecule has 3 rings (SSSR count). The predicted molar refractivity (Wildman–Crippen MR) is 130 cm³/mol. The van der Waals surface area contributed by atoms with Crippen LogP contribution in [0.2, 0.25) is 0 Å². The Morgan fingerprint density at radius 1 is 0.969 bits per heavy atom. The van der Waals surface area contributed by atoms with Gasteiger partial charge >= 0.3 is 5.97 Å². The van der Waals surface area contributed by atoms with Gasteiger partial charge in [0, 0.05) is 0 Å². The van der Waals surface area contributed by atoms with Crippen LogP contribution < -0.4 is 4.74 Å². The van der Waals surface area contributed by atoms with Crippen LogP contribution in [0.5, 0.6) is 5.75 Å². The number of hydrogen-bond acceptors (Lipinski definition) is 3. The third-order valence-electron chi connectivity index (χ3n) is 6.89. The van der Waals surface area contributed by atoms with Gasteiger partial charge in [-0.15, -0.1) is 0 Å². The number of nitriles is 1. The molecule has 0 unspecified atom stereocenters. The summed E-state index contributed by atoms with van der Waals surface area (Å²) in [5, 5.41) is 9.71. The van der Waals surface area contributed by atoms with E-state index >= 15 is 0 Å². The van der Waals surface area contributed by atoms with Crippen molar-refractivity contribution in [2.45, 2.75) is 96.3 Å². The average molecular weight is 432 g/mol. The minimum atomic E-state index is -0.615. The first-order valence-corrected chi connectivity index (χ1v) is 12.4. The van der Waals surface area contributed by atoms with Crippen LogP contribution in [0.3, 0.4) is 0 Å². The normalized spacial score (nSPS) is 15.2. The molecule has 170 valence electrons. The molecule has 0 heterocycles. The van der Waals surface area contributed by atoms with E-state index in [1.54, 1.807) is 0 Å². The Morgan fingerprint density at radius 3 is 2.34 bits per heavy atom. The standard InChI is InChI=1S/C29H37NO2/c1-3-4-5-6-7-9-12-24-15-18-27(25(21-24)22-30)32-28(31)29(19-10-8-11-20-29)26-16-13-23(2)14-17-26/h13-18,21H,3-12,19-20H2,1-2H3. The van der Waals surface area contributed by atoms with E-state index in [1.165, 1.54) is 37.7 Å². The van der Waals surface area contributed by atoms with Crippen LogP contribution in [0, 0.1) is 18.3 Å². The lowest BCUT2D eigenvalue weighted by molar-refractivity contribution is -0.142. The molecule has 0 spiro atoms. The van der Waals surface area contributed by atoms with Crippen molar-refractivity contribution >= 4 is 5.97 Å². The molecular formula is C29H37NO2. The van der Waals surface area contributed by atoms with Gasteiger partial charge in [0.25, 0.3) is 0 Å². The van der Waals surface area contributed by atoms with Crippen LogP contribution in [-0.4, -0.2) is 5.97 Å². The van der Waals surface area contributed by atoms with Crippen LogP contribution in [0.15, 0.2) is 42.5 Å². The SMILES string of the molecule is CCCCCCCCc1ccc(OC(=O)C2(c3ccc(C)cc3)CCCCC2)c(C#N)c1. The van der Waals surface area contributed by atoms with Gasteiger partial charge in [-0.25, -0.2) is 0 Å². The third-order valence-corrected chi connectivity index (χ3v) is 6.89. The second-order valence-electron chi connectivity index (χ2n) is 9.36. The Morgan fingerprint density at radius 2 is 1.66 bits per heavy atom. The Balaban J connectivity index is 1.71. The maximum atomic E-state index is 13.5. The predicted octanol–water partition coefficient (Wildman–Crippen LogP) is 7.58. The summed E-state index contributed by atoms with van der Waals surface area (Å²) in [4.78, 5) is 13.5. The van der Waals surface area contributed by atoms with Crippen LogP contribution in [0.4, 0.5) is 0 Å². The van der Waals surface area contributed by atoms with Gasteiger partial charge in [-0.3, -0.25) is 4.79 Å². The highest BCUT2D eigenvalue weighted by molar-refractivity contribution is 5.85. The van der Waals surface area contributed by atoms with Crippen molar-refractivity contribution in [3.8, 4) is 11.8 Å². The smallest absolute Gasteiger partial charge is 0.321 e. The summed E-state index contributed by atoms with van der Waals surface area (Å²) in [5.41, 5.74) is 3.20. The zero-order valence-electron chi connectivity index (χ0n) is 19.8. The maximum absolute atomic E-state index is 13.5. The first-order valence-electron chi connectivity index (χ1n) is 12.4. The summed E-state index contributed by atoms with van der Waals surface area (Å²) in [5.74, 6) is 0.169. The number of hydrogen-bond donors (Lipinski definition) is 0. The molecule has 1 saturated carbocycles. The zero-order chi connectivity index (χ0) is 22.8. The minimum absolute atomic E-state index is 0.221. The molecule has 0 atom stereocenters. The molecule has 0 aromatic heterocycles. The molecular weight excluding hydrogens is 394 g/mol. The van der Waals surface area contributed by atoms with Crippen molar-refractivity contribution in [3.63, 3.8) is 0 Å². The molecule has 0 aliphatic heterocycles. The molecule has 1 aliphatic rings.